The van der Waals surface area contributed by atoms with Crippen molar-refractivity contribution < 1.29 is 9.82 Å². The normalized spacial score (nSPS) is 14.8. The van der Waals surface area contributed by atoms with Gasteiger partial charge < -0.3 is 9.80 Å². The molecule has 0 saturated carbocycles. The lowest BCUT2D eigenvalue weighted by atomic mass is 10.1. The fourth-order valence-electron chi connectivity index (χ4n) is 3.67. The predicted molar refractivity (Wildman–Crippen MR) is 108 cm³/mol. The number of hydrogen-bond donors (Lipinski definition) is 1. The van der Waals surface area contributed by atoms with Gasteiger partial charge in [-0.1, -0.05) is 30.3 Å². The Labute approximate surface area is 168 Å². The van der Waals surface area contributed by atoms with Crippen molar-refractivity contribution in [2.75, 3.05) is 31.1 Å². The lowest BCUT2D eigenvalue weighted by Crippen LogP contribution is -3.13. The fourth-order valence-corrected chi connectivity index (χ4v) is 3.67. The summed E-state index contributed by atoms with van der Waals surface area (Å²) in [5.41, 5.74) is 2.43. The molecule has 9 heteroatoms. The number of nitro benzene ring substituents is 1. The highest BCUT2D eigenvalue weighted by molar-refractivity contribution is 5.51. The van der Waals surface area contributed by atoms with E-state index in [4.69, 9.17) is 0 Å². The van der Waals surface area contributed by atoms with Gasteiger partial charge in [0.15, 0.2) is 0 Å². The van der Waals surface area contributed by atoms with Crippen molar-refractivity contribution in [3.05, 3.63) is 76.1 Å². The second-order valence-electron chi connectivity index (χ2n) is 7.24. The third kappa shape index (κ3) is 4.75. The summed E-state index contributed by atoms with van der Waals surface area (Å²) >= 11 is 0. The van der Waals surface area contributed by atoms with Crippen molar-refractivity contribution in [2.24, 2.45) is 0 Å². The monoisotopic (exact) mass is 394 g/mol. The number of nitrogens with zero attached hydrogens (tertiary/aromatic N) is 6. The molecular weight excluding hydrogens is 370 g/mol. The predicted octanol–water partition coefficient (Wildman–Crippen LogP) is 0.729. The Bertz CT molecular complexity index is 935. The number of tetrazole rings is 1. The number of anilines is 1. The van der Waals surface area contributed by atoms with Gasteiger partial charge in [0.1, 0.15) is 6.54 Å². The SMILES string of the molecule is O=[N+]([O-])c1ccc(N2CC[NH+](Cc3nnnn3CCc3ccccc3)CC2)cc1. The van der Waals surface area contributed by atoms with Crippen LogP contribution in [0.1, 0.15) is 11.4 Å². The van der Waals surface area contributed by atoms with E-state index in [1.54, 1.807) is 12.1 Å². The second-order valence-corrected chi connectivity index (χ2v) is 7.24. The Balaban J connectivity index is 1.30. The molecule has 1 saturated heterocycles. The summed E-state index contributed by atoms with van der Waals surface area (Å²) in [4.78, 5) is 14.2. The maximum Gasteiger partial charge on any atom is 0.269 e. The lowest BCUT2D eigenvalue weighted by molar-refractivity contribution is -0.915. The molecule has 0 amide bonds. The largest absolute Gasteiger partial charge is 0.360 e. The van der Waals surface area contributed by atoms with Crippen LogP contribution in [0.2, 0.25) is 0 Å². The number of piperazine rings is 1. The van der Waals surface area contributed by atoms with Gasteiger partial charge in [0.05, 0.1) is 31.1 Å². The molecule has 3 aromatic rings. The summed E-state index contributed by atoms with van der Waals surface area (Å²) in [6.07, 6.45) is 0.905. The van der Waals surface area contributed by atoms with Crippen LogP contribution in [-0.4, -0.2) is 51.3 Å². The van der Waals surface area contributed by atoms with Crippen LogP contribution >= 0.6 is 0 Å². The zero-order valence-electron chi connectivity index (χ0n) is 16.1. The van der Waals surface area contributed by atoms with Crippen molar-refractivity contribution >= 4 is 11.4 Å². The number of quaternary nitrogens is 1. The first-order valence-electron chi connectivity index (χ1n) is 9.81. The highest BCUT2D eigenvalue weighted by Crippen LogP contribution is 2.19. The van der Waals surface area contributed by atoms with E-state index in [2.05, 4.69) is 32.6 Å². The van der Waals surface area contributed by atoms with Gasteiger partial charge in [-0.25, -0.2) is 4.68 Å². The van der Waals surface area contributed by atoms with Crippen LogP contribution in [0.25, 0.3) is 0 Å². The molecule has 1 fully saturated rings. The van der Waals surface area contributed by atoms with Crippen LogP contribution in [0, 0.1) is 10.1 Å². The molecule has 0 bridgehead atoms. The number of aromatic nitrogens is 4. The second kappa shape index (κ2) is 8.78. The third-order valence-corrected chi connectivity index (χ3v) is 5.37. The zero-order valence-corrected chi connectivity index (χ0v) is 16.1. The summed E-state index contributed by atoms with van der Waals surface area (Å²) in [5.74, 6) is 0.916. The highest BCUT2D eigenvalue weighted by atomic mass is 16.6. The lowest BCUT2D eigenvalue weighted by Gasteiger charge is -2.33. The molecule has 0 unspecified atom stereocenters. The Kier molecular flexibility index (Phi) is 5.76. The van der Waals surface area contributed by atoms with Crippen LogP contribution in [-0.2, 0) is 19.5 Å². The van der Waals surface area contributed by atoms with Crippen LogP contribution in [0.5, 0.6) is 0 Å². The van der Waals surface area contributed by atoms with Gasteiger partial charge in [-0.2, -0.15) is 0 Å². The van der Waals surface area contributed by atoms with Gasteiger partial charge in [-0.05, 0) is 34.5 Å². The molecule has 1 aliphatic rings. The van der Waals surface area contributed by atoms with Crippen molar-refractivity contribution in [1.29, 1.82) is 0 Å². The van der Waals surface area contributed by atoms with E-state index in [0.717, 1.165) is 57.2 Å². The maximum absolute atomic E-state index is 10.8. The average molecular weight is 394 g/mol. The number of aryl methyl sites for hydroxylation is 2. The molecule has 29 heavy (non-hydrogen) atoms. The van der Waals surface area contributed by atoms with Gasteiger partial charge in [0, 0.05) is 24.4 Å². The molecular formula is C20H24N7O2+. The molecule has 4 rings (SSSR count). The van der Waals surface area contributed by atoms with Gasteiger partial charge in [0.25, 0.3) is 5.69 Å². The first-order valence-corrected chi connectivity index (χ1v) is 9.81. The van der Waals surface area contributed by atoms with Gasteiger partial charge >= 0.3 is 0 Å². The molecule has 0 spiro atoms. The number of nitrogens with one attached hydrogen (secondary N) is 1. The Morgan fingerprint density at radius 1 is 1.03 bits per heavy atom. The highest BCUT2D eigenvalue weighted by Gasteiger charge is 2.23. The Hall–Kier alpha value is -3.33. The summed E-state index contributed by atoms with van der Waals surface area (Å²) in [6, 6.07) is 17.1. The van der Waals surface area contributed by atoms with Crippen molar-refractivity contribution in [2.45, 2.75) is 19.5 Å². The summed E-state index contributed by atoms with van der Waals surface area (Å²) < 4.78 is 1.91. The number of benzene rings is 2. The first kappa shape index (κ1) is 19.0. The van der Waals surface area contributed by atoms with E-state index in [9.17, 15) is 10.1 Å². The summed E-state index contributed by atoms with van der Waals surface area (Å²) in [5, 5.41) is 23.1. The molecule has 2 aromatic carbocycles. The standard InChI is InChI=1S/C20H23N7O2/c28-27(29)19-8-6-18(7-9-19)25-14-12-24(13-15-25)16-20-21-22-23-26(20)11-10-17-4-2-1-3-5-17/h1-9H,10-16H2/p+1. The van der Waals surface area contributed by atoms with Crippen LogP contribution in [0.3, 0.4) is 0 Å². The van der Waals surface area contributed by atoms with E-state index >= 15 is 0 Å². The van der Waals surface area contributed by atoms with Crippen LogP contribution in [0.4, 0.5) is 11.4 Å². The average Bonchev–Trinajstić information content (AvgIpc) is 3.20. The van der Waals surface area contributed by atoms with E-state index in [-0.39, 0.29) is 10.6 Å². The van der Waals surface area contributed by atoms with E-state index in [1.165, 1.54) is 10.5 Å². The fraction of sp³-hybridized carbons (Fsp3) is 0.350. The van der Waals surface area contributed by atoms with Gasteiger partial charge in [-0.15, -0.1) is 5.10 Å². The van der Waals surface area contributed by atoms with Crippen LogP contribution in [0.15, 0.2) is 54.6 Å². The number of non-ortho nitro benzene ring substituents is 1. The molecule has 2 heterocycles. The van der Waals surface area contributed by atoms with Crippen molar-refractivity contribution in [1.82, 2.24) is 20.2 Å². The topological polar surface area (TPSA) is 94.4 Å². The third-order valence-electron chi connectivity index (χ3n) is 5.37. The first-order chi connectivity index (χ1) is 14.2. The number of rotatable bonds is 7. The minimum Gasteiger partial charge on any atom is -0.360 e. The van der Waals surface area contributed by atoms with E-state index < -0.39 is 0 Å². The van der Waals surface area contributed by atoms with Gasteiger partial charge in [0.2, 0.25) is 5.82 Å². The minimum atomic E-state index is -0.367. The van der Waals surface area contributed by atoms with Gasteiger partial charge in [-0.3, -0.25) is 10.1 Å². The number of nitro groups is 1. The van der Waals surface area contributed by atoms with E-state index in [0.29, 0.717) is 0 Å². The number of hydrogen-bond acceptors (Lipinski definition) is 6. The summed E-state index contributed by atoms with van der Waals surface area (Å²) in [6.45, 7) is 5.33. The Morgan fingerprint density at radius 2 is 1.76 bits per heavy atom. The van der Waals surface area contributed by atoms with Crippen molar-refractivity contribution in [3.8, 4) is 0 Å². The molecule has 150 valence electrons. The maximum atomic E-state index is 10.8. The van der Waals surface area contributed by atoms with Crippen molar-refractivity contribution in [3.63, 3.8) is 0 Å². The molecule has 0 aliphatic carbocycles. The molecule has 0 atom stereocenters. The molecule has 1 aliphatic heterocycles. The minimum absolute atomic E-state index is 0.125. The zero-order chi connectivity index (χ0) is 20.1. The summed E-state index contributed by atoms with van der Waals surface area (Å²) in [7, 11) is 0. The van der Waals surface area contributed by atoms with Crippen LogP contribution < -0.4 is 9.80 Å². The Morgan fingerprint density at radius 3 is 2.45 bits per heavy atom. The quantitative estimate of drug-likeness (QED) is 0.469. The molecule has 9 nitrogen and oxygen atoms in total. The van der Waals surface area contributed by atoms with E-state index in [1.807, 2.05) is 35.0 Å². The molecule has 0 radical (unpaired) electrons. The molecule has 1 aromatic heterocycles. The smallest absolute Gasteiger partial charge is 0.269 e. The molecule has 1 N–H and O–H groups in total.